The SMILES string of the molecule is CCC1=C2CC[C@H]3C(=O)N(c4ccccc4)C(=O)[C@H]3[C@H]2[C@@]2(Cc3ccccc3)C(=NCCc3c[nH]c4ccccc34)OC(=O)N2C1=O. The summed E-state index contributed by atoms with van der Waals surface area (Å²) >= 11 is 0. The number of anilines is 1. The summed E-state index contributed by atoms with van der Waals surface area (Å²) in [7, 11) is 0. The number of rotatable bonds is 7. The van der Waals surface area contributed by atoms with Crippen LogP contribution >= 0.6 is 0 Å². The first kappa shape index (κ1) is 29.1. The lowest BCUT2D eigenvalue weighted by Gasteiger charge is -2.50. The summed E-state index contributed by atoms with van der Waals surface area (Å²) in [5.41, 5.74) is 3.43. The zero-order valence-electron chi connectivity index (χ0n) is 26.0. The minimum Gasteiger partial charge on any atom is -0.393 e. The van der Waals surface area contributed by atoms with Crippen molar-refractivity contribution < 1.29 is 23.9 Å². The Hall–Kier alpha value is -5.31. The average Bonchev–Trinajstić information content (AvgIpc) is 3.71. The van der Waals surface area contributed by atoms with Gasteiger partial charge in [0.1, 0.15) is 5.54 Å². The van der Waals surface area contributed by atoms with Gasteiger partial charge in [0.25, 0.3) is 5.91 Å². The summed E-state index contributed by atoms with van der Waals surface area (Å²) < 4.78 is 6.00. The Labute approximate surface area is 271 Å². The van der Waals surface area contributed by atoms with Gasteiger partial charge in [-0.1, -0.05) is 79.2 Å². The molecule has 1 aliphatic carbocycles. The molecule has 1 saturated carbocycles. The largest absolute Gasteiger partial charge is 0.424 e. The van der Waals surface area contributed by atoms with Crippen LogP contribution in [0.4, 0.5) is 10.5 Å². The number of cyclic esters (lactones) is 1. The maximum atomic E-state index is 14.6. The average molecular weight is 627 g/mol. The van der Waals surface area contributed by atoms with Crippen LogP contribution in [0.3, 0.4) is 0 Å². The molecule has 236 valence electrons. The zero-order chi connectivity index (χ0) is 32.3. The number of carbonyl (C=O) groups is 4. The highest BCUT2D eigenvalue weighted by Crippen LogP contribution is 2.57. The van der Waals surface area contributed by atoms with Gasteiger partial charge < -0.3 is 9.72 Å². The normalized spacial score (nSPS) is 26.2. The second-order valence-electron chi connectivity index (χ2n) is 12.7. The van der Waals surface area contributed by atoms with Gasteiger partial charge in [0.2, 0.25) is 17.7 Å². The van der Waals surface area contributed by atoms with Crippen LogP contribution < -0.4 is 4.90 Å². The summed E-state index contributed by atoms with van der Waals surface area (Å²) in [6, 6.07) is 26.6. The van der Waals surface area contributed by atoms with Crippen LogP contribution in [0.5, 0.6) is 0 Å². The van der Waals surface area contributed by atoms with Crippen molar-refractivity contribution in [2.24, 2.45) is 22.7 Å². The van der Waals surface area contributed by atoms with E-state index in [4.69, 9.17) is 9.73 Å². The molecule has 47 heavy (non-hydrogen) atoms. The van der Waals surface area contributed by atoms with Crippen molar-refractivity contribution in [2.75, 3.05) is 11.4 Å². The summed E-state index contributed by atoms with van der Waals surface area (Å²) in [6.07, 6.45) is 3.26. The van der Waals surface area contributed by atoms with Crippen molar-refractivity contribution in [1.29, 1.82) is 0 Å². The van der Waals surface area contributed by atoms with E-state index in [9.17, 15) is 19.2 Å². The Bertz CT molecular complexity index is 2000. The monoisotopic (exact) mass is 626 g/mol. The molecule has 4 amide bonds. The predicted molar refractivity (Wildman–Crippen MR) is 176 cm³/mol. The Balaban J connectivity index is 1.29. The first-order chi connectivity index (χ1) is 22.9. The Morgan fingerprint density at radius 1 is 0.915 bits per heavy atom. The van der Waals surface area contributed by atoms with Crippen LogP contribution in [-0.4, -0.2) is 51.7 Å². The molecule has 0 radical (unpaired) electrons. The van der Waals surface area contributed by atoms with Gasteiger partial charge in [0, 0.05) is 41.6 Å². The quantitative estimate of drug-likeness (QED) is 0.253. The molecule has 1 aromatic heterocycles. The van der Waals surface area contributed by atoms with E-state index in [-0.39, 0.29) is 24.1 Å². The first-order valence-electron chi connectivity index (χ1n) is 16.3. The van der Waals surface area contributed by atoms with E-state index in [1.807, 2.05) is 67.7 Å². The van der Waals surface area contributed by atoms with E-state index in [2.05, 4.69) is 11.1 Å². The number of fused-ring (bicyclic) bond motifs is 6. The molecule has 4 aromatic rings. The molecule has 3 aliphatic heterocycles. The Kier molecular flexibility index (Phi) is 6.93. The first-order valence-corrected chi connectivity index (χ1v) is 16.3. The third kappa shape index (κ3) is 4.32. The maximum Gasteiger partial charge on any atom is 0.424 e. The van der Waals surface area contributed by atoms with Gasteiger partial charge in [-0.05, 0) is 55.0 Å². The number of aromatic nitrogens is 1. The predicted octanol–water partition coefficient (Wildman–Crippen LogP) is 6.01. The van der Waals surface area contributed by atoms with E-state index >= 15 is 0 Å². The van der Waals surface area contributed by atoms with Crippen molar-refractivity contribution in [3.63, 3.8) is 0 Å². The number of hydrogen-bond acceptors (Lipinski definition) is 6. The fraction of sp³-hybridized carbons (Fsp3) is 0.289. The van der Waals surface area contributed by atoms with Crippen molar-refractivity contribution in [3.8, 4) is 0 Å². The number of nitrogens with one attached hydrogen (secondary N) is 1. The van der Waals surface area contributed by atoms with E-state index in [0.29, 0.717) is 43.5 Å². The fourth-order valence-electron chi connectivity index (χ4n) is 8.49. The molecular weight excluding hydrogens is 592 g/mol. The standard InChI is InChI=1S/C38H34N4O5/c1-2-26-28-17-18-29-31(35(45)41(33(29)43)25-13-7-4-8-14-25)32(28)38(21-23-11-5-3-6-12-23)36(47-37(46)42(38)34(26)44)39-20-19-24-22-40-30-16-10-9-15-27(24)30/h3-16,22,29,31-32,40H,2,17-21H2,1H3/t29-,31-,32+,38+/m1/s1. The Morgan fingerprint density at radius 3 is 2.40 bits per heavy atom. The molecule has 9 nitrogen and oxygen atoms in total. The lowest BCUT2D eigenvalue weighted by Crippen LogP contribution is -2.65. The highest BCUT2D eigenvalue weighted by atomic mass is 16.6. The molecule has 0 bridgehead atoms. The second-order valence-corrected chi connectivity index (χ2v) is 12.7. The minimum absolute atomic E-state index is 0.135. The third-order valence-corrected chi connectivity index (χ3v) is 10.4. The number of aromatic amines is 1. The molecule has 4 heterocycles. The molecule has 0 unspecified atom stereocenters. The number of nitrogens with zero attached hydrogens (tertiary/aromatic N) is 3. The van der Waals surface area contributed by atoms with E-state index in [1.165, 1.54) is 9.80 Å². The van der Waals surface area contributed by atoms with Gasteiger partial charge in [-0.15, -0.1) is 0 Å². The summed E-state index contributed by atoms with van der Waals surface area (Å²) in [6.45, 7) is 2.19. The van der Waals surface area contributed by atoms with Gasteiger partial charge >= 0.3 is 6.09 Å². The smallest absolute Gasteiger partial charge is 0.393 e. The van der Waals surface area contributed by atoms with Gasteiger partial charge in [0.05, 0.1) is 17.5 Å². The molecular formula is C38H34N4O5. The van der Waals surface area contributed by atoms with Gasteiger partial charge in [-0.2, -0.15) is 0 Å². The number of hydrogen-bond donors (Lipinski definition) is 1. The molecule has 3 aromatic carbocycles. The number of aliphatic imine (C=N–C) groups is 1. The van der Waals surface area contributed by atoms with Crippen LogP contribution in [0.15, 0.2) is 107 Å². The van der Waals surface area contributed by atoms with Gasteiger partial charge in [0.15, 0.2) is 0 Å². The highest BCUT2D eigenvalue weighted by Gasteiger charge is 2.70. The third-order valence-electron chi connectivity index (χ3n) is 10.4. The molecule has 0 spiro atoms. The number of H-pyrrole nitrogens is 1. The van der Waals surface area contributed by atoms with Crippen molar-refractivity contribution in [2.45, 2.75) is 44.6 Å². The van der Waals surface area contributed by atoms with Crippen molar-refractivity contribution >= 4 is 46.3 Å². The van der Waals surface area contributed by atoms with Crippen molar-refractivity contribution in [3.05, 3.63) is 113 Å². The summed E-state index contributed by atoms with van der Waals surface area (Å²) in [4.78, 5) is 67.5. The number of imide groups is 2. The summed E-state index contributed by atoms with van der Waals surface area (Å²) in [5, 5.41) is 1.09. The maximum absolute atomic E-state index is 14.6. The fourth-order valence-corrected chi connectivity index (χ4v) is 8.49. The van der Waals surface area contributed by atoms with Crippen LogP contribution in [0.1, 0.15) is 37.3 Å². The topological polar surface area (TPSA) is 112 Å². The van der Waals surface area contributed by atoms with Crippen LogP contribution in [0.25, 0.3) is 10.9 Å². The molecule has 4 aliphatic rings. The number of para-hydroxylation sites is 2. The molecule has 3 fully saturated rings. The van der Waals surface area contributed by atoms with Crippen LogP contribution in [-0.2, 0) is 32.0 Å². The van der Waals surface area contributed by atoms with Crippen molar-refractivity contribution in [1.82, 2.24) is 9.88 Å². The van der Waals surface area contributed by atoms with Crippen LogP contribution in [0, 0.1) is 17.8 Å². The molecule has 1 N–H and O–H groups in total. The highest BCUT2D eigenvalue weighted by molar-refractivity contribution is 6.23. The van der Waals surface area contributed by atoms with E-state index < -0.39 is 35.3 Å². The second kappa shape index (κ2) is 11.2. The van der Waals surface area contributed by atoms with Gasteiger partial charge in [-0.3, -0.25) is 24.3 Å². The molecule has 4 atom stereocenters. The van der Waals surface area contributed by atoms with Crippen LogP contribution in [0.2, 0.25) is 0 Å². The molecule has 8 rings (SSSR count). The number of carbonyl (C=O) groups excluding carboxylic acids is 4. The number of benzene rings is 3. The van der Waals surface area contributed by atoms with Gasteiger partial charge in [-0.25, -0.2) is 9.69 Å². The lowest BCUT2D eigenvalue weighted by molar-refractivity contribution is -0.134. The number of amides is 4. The minimum atomic E-state index is -1.41. The molecule has 2 saturated heterocycles. The molecule has 9 heteroatoms. The number of ether oxygens (including phenoxy) is 1. The van der Waals surface area contributed by atoms with E-state index in [0.717, 1.165) is 27.6 Å². The summed E-state index contributed by atoms with van der Waals surface area (Å²) in [5.74, 6) is -2.89. The zero-order valence-corrected chi connectivity index (χ0v) is 26.0. The Morgan fingerprint density at radius 2 is 1.64 bits per heavy atom. The lowest BCUT2D eigenvalue weighted by atomic mass is 9.58. The van der Waals surface area contributed by atoms with E-state index in [1.54, 1.807) is 24.3 Å².